The van der Waals surface area contributed by atoms with E-state index in [1.54, 1.807) is 36.5 Å². The van der Waals surface area contributed by atoms with Crippen molar-refractivity contribution in [2.24, 2.45) is 23.3 Å². The van der Waals surface area contributed by atoms with Crippen LogP contribution in [0.25, 0.3) is 22.5 Å². The van der Waals surface area contributed by atoms with Gasteiger partial charge in [0.25, 0.3) is 11.8 Å². The van der Waals surface area contributed by atoms with Crippen LogP contribution in [0.5, 0.6) is 0 Å². The van der Waals surface area contributed by atoms with E-state index in [0.717, 1.165) is 35.1 Å². The Bertz CT molecular complexity index is 1780. The lowest BCUT2D eigenvalue weighted by atomic mass is 9.81. The number of nitrogens with two attached hydrogens (primary N) is 2. The van der Waals surface area contributed by atoms with Crippen LogP contribution in [0, 0.1) is 18.8 Å². The number of aryl methyl sites for hydroxylation is 1. The lowest BCUT2D eigenvalue weighted by molar-refractivity contribution is -0.130. The number of aromatic amines is 1. The largest absolute Gasteiger partial charge is 0.345 e. The number of H-pyrrole nitrogens is 1. The van der Waals surface area contributed by atoms with Gasteiger partial charge in [-0.15, -0.1) is 10.2 Å². The number of rotatable bonds is 10. The van der Waals surface area contributed by atoms with Gasteiger partial charge < -0.3 is 22.1 Å². The SMILES string of the molecule is Cc1cc(C(=O)NC2CCNCC2F)ncc1-c1ccc(C[C@H](N)C(=O)N(C(=O)C2CCC(CN)CC2)c2ccc(-c3nn[nH]n3)cc2)cc1. The molecule has 2 aromatic carbocycles. The van der Waals surface area contributed by atoms with Crippen molar-refractivity contribution in [3.05, 3.63) is 77.6 Å². The van der Waals surface area contributed by atoms with Crippen LogP contribution >= 0.6 is 0 Å². The minimum atomic E-state index is -1.14. The fourth-order valence-electron chi connectivity index (χ4n) is 6.77. The number of halogens is 1. The average Bonchev–Trinajstić information content (AvgIpc) is 3.69. The highest BCUT2D eigenvalue weighted by Gasteiger charge is 2.35. The third-order valence-electron chi connectivity index (χ3n) is 9.80. The van der Waals surface area contributed by atoms with Gasteiger partial charge in [0.15, 0.2) is 0 Å². The van der Waals surface area contributed by atoms with Gasteiger partial charge in [-0.1, -0.05) is 24.3 Å². The van der Waals surface area contributed by atoms with E-state index < -0.39 is 30.1 Å². The van der Waals surface area contributed by atoms with Crippen molar-refractivity contribution in [1.29, 1.82) is 0 Å². The Morgan fingerprint density at radius 1 is 1.02 bits per heavy atom. The number of amides is 3. The van der Waals surface area contributed by atoms with Crippen LogP contribution in [0.15, 0.2) is 60.8 Å². The predicted octanol–water partition coefficient (Wildman–Crippen LogP) is 2.86. The number of aromatic nitrogens is 5. The van der Waals surface area contributed by atoms with Crippen molar-refractivity contribution in [2.45, 2.75) is 63.7 Å². The molecule has 13 nitrogen and oxygen atoms in total. The third-order valence-corrected chi connectivity index (χ3v) is 9.80. The van der Waals surface area contributed by atoms with E-state index in [2.05, 4.69) is 36.2 Å². The van der Waals surface area contributed by atoms with E-state index in [1.807, 2.05) is 31.2 Å². The van der Waals surface area contributed by atoms with Crippen molar-refractivity contribution in [3.63, 3.8) is 0 Å². The van der Waals surface area contributed by atoms with Crippen LogP contribution in [0.3, 0.4) is 0 Å². The number of hydrogen-bond donors (Lipinski definition) is 5. The van der Waals surface area contributed by atoms with E-state index in [9.17, 15) is 18.8 Å². The summed E-state index contributed by atoms with van der Waals surface area (Å²) in [6.07, 6.45) is 4.24. The van der Waals surface area contributed by atoms with E-state index in [-0.39, 0.29) is 30.5 Å². The molecule has 1 aliphatic carbocycles. The summed E-state index contributed by atoms with van der Waals surface area (Å²) in [6, 6.07) is 14.7. The number of benzene rings is 2. The molecule has 1 aliphatic heterocycles. The van der Waals surface area contributed by atoms with Crippen LogP contribution in [0.1, 0.15) is 53.7 Å². The Balaban J connectivity index is 1.15. The van der Waals surface area contributed by atoms with Gasteiger partial charge >= 0.3 is 0 Å². The number of anilines is 1. The number of imide groups is 1. The van der Waals surface area contributed by atoms with E-state index in [0.29, 0.717) is 55.3 Å². The Labute approximate surface area is 289 Å². The van der Waals surface area contributed by atoms with Gasteiger partial charge in [0.1, 0.15) is 11.9 Å². The van der Waals surface area contributed by atoms with Gasteiger partial charge in [0.05, 0.1) is 17.8 Å². The smallest absolute Gasteiger partial charge is 0.270 e. The molecule has 2 aliphatic rings. The molecule has 14 heteroatoms. The fraction of sp³-hybridized carbons (Fsp3) is 0.417. The number of hydrogen-bond acceptors (Lipinski definition) is 10. The Morgan fingerprint density at radius 3 is 2.38 bits per heavy atom. The van der Waals surface area contributed by atoms with Gasteiger partial charge in [0.2, 0.25) is 11.7 Å². The lowest BCUT2D eigenvalue weighted by Gasteiger charge is -2.32. The molecule has 3 heterocycles. The molecule has 1 saturated heterocycles. The molecule has 3 atom stereocenters. The molecule has 262 valence electrons. The number of nitrogens with one attached hydrogen (secondary N) is 3. The van der Waals surface area contributed by atoms with Gasteiger partial charge in [-0.25, -0.2) is 9.29 Å². The molecule has 1 saturated carbocycles. The molecule has 0 bridgehead atoms. The summed E-state index contributed by atoms with van der Waals surface area (Å²) < 4.78 is 14.2. The number of pyridine rings is 1. The van der Waals surface area contributed by atoms with Gasteiger partial charge in [0, 0.05) is 29.8 Å². The van der Waals surface area contributed by atoms with Crippen LogP contribution in [0.2, 0.25) is 0 Å². The summed E-state index contributed by atoms with van der Waals surface area (Å²) in [5.74, 6) is -0.660. The van der Waals surface area contributed by atoms with Gasteiger partial charge in [-0.05, 0) is 117 Å². The summed E-state index contributed by atoms with van der Waals surface area (Å²) >= 11 is 0. The molecule has 2 fully saturated rings. The van der Waals surface area contributed by atoms with Crippen molar-refractivity contribution in [1.82, 2.24) is 36.2 Å². The molecule has 0 radical (unpaired) electrons. The maximum absolute atomic E-state index is 14.2. The first-order valence-corrected chi connectivity index (χ1v) is 17.1. The van der Waals surface area contributed by atoms with Gasteiger partial charge in [-0.2, -0.15) is 5.21 Å². The maximum atomic E-state index is 14.2. The molecule has 6 rings (SSSR count). The second-order valence-electron chi connectivity index (χ2n) is 13.2. The minimum absolute atomic E-state index is 0.215. The van der Waals surface area contributed by atoms with Crippen molar-refractivity contribution in [3.8, 4) is 22.5 Å². The van der Waals surface area contributed by atoms with Gasteiger partial charge in [-0.3, -0.25) is 19.4 Å². The average molecular weight is 683 g/mol. The van der Waals surface area contributed by atoms with Crippen LogP contribution in [0.4, 0.5) is 10.1 Å². The highest BCUT2D eigenvalue weighted by Crippen LogP contribution is 2.32. The van der Waals surface area contributed by atoms with Crippen molar-refractivity contribution in [2.75, 3.05) is 24.5 Å². The Morgan fingerprint density at radius 2 is 1.74 bits per heavy atom. The van der Waals surface area contributed by atoms with Crippen molar-refractivity contribution >= 4 is 23.4 Å². The normalized spacial score (nSPS) is 21.3. The number of nitrogens with zero attached hydrogens (tertiary/aromatic N) is 5. The summed E-state index contributed by atoms with van der Waals surface area (Å²) in [5, 5.41) is 19.8. The predicted molar refractivity (Wildman–Crippen MR) is 186 cm³/mol. The highest BCUT2D eigenvalue weighted by molar-refractivity contribution is 6.17. The summed E-state index contributed by atoms with van der Waals surface area (Å²) in [7, 11) is 0. The molecule has 0 spiro atoms. The molecule has 4 aromatic rings. The number of carbonyl (C=O) groups is 3. The summed E-state index contributed by atoms with van der Waals surface area (Å²) in [4.78, 5) is 46.3. The Kier molecular flexibility index (Phi) is 11.0. The van der Waals surface area contributed by atoms with Crippen LogP contribution < -0.4 is 27.0 Å². The fourth-order valence-corrected chi connectivity index (χ4v) is 6.77. The first-order valence-electron chi connectivity index (χ1n) is 17.1. The monoisotopic (exact) mass is 682 g/mol. The Hall–Kier alpha value is -4.92. The first kappa shape index (κ1) is 34.9. The molecule has 50 heavy (non-hydrogen) atoms. The third kappa shape index (κ3) is 7.93. The second kappa shape index (κ2) is 15.7. The van der Waals surface area contributed by atoms with Crippen molar-refractivity contribution < 1.29 is 18.8 Å². The molecule has 2 unspecified atom stereocenters. The molecule has 2 aromatic heterocycles. The van der Waals surface area contributed by atoms with Crippen LogP contribution in [-0.4, -0.2) is 81.2 Å². The van der Waals surface area contributed by atoms with Crippen LogP contribution in [-0.2, 0) is 16.0 Å². The van der Waals surface area contributed by atoms with E-state index in [4.69, 9.17) is 11.5 Å². The zero-order valence-corrected chi connectivity index (χ0v) is 28.0. The second-order valence-corrected chi connectivity index (χ2v) is 13.2. The summed E-state index contributed by atoms with van der Waals surface area (Å²) in [6.45, 7) is 3.34. The van der Waals surface area contributed by atoms with E-state index >= 15 is 0 Å². The molecular weight excluding hydrogens is 639 g/mol. The molecule has 3 amide bonds. The topological polar surface area (TPSA) is 198 Å². The zero-order chi connectivity index (χ0) is 35.2. The number of tetrazole rings is 1. The number of alkyl halides is 1. The molecule has 7 N–H and O–H groups in total. The zero-order valence-electron chi connectivity index (χ0n) is 28.0. The standard InChI is InChI=1S/C36H43FN10O3/c1-21-16-32(34(48)42-31-14-15-40-20-29(31)37)41-19-28(21)24-6-2-22(3-7-24)17-30(39)36(50)47(35(49)26-8-4-23(18-38)5-9-26)27-12-10-25(11-13-27)33-43-45-46-44-33/h2-3,6-7,10-13,16,19,23,26,29-31,40H,4-5,8-9,14-15,17-18,20,38-39H2,1H3,(H,42,48)(H,43,44,45,46)/t23?,26?,29?,30-,31?/m0/s1. The quantitative estimate of drug-likeness (QED) is 0.166. The first-order chi connectivity index (χ1) is 24.2. The molecular formula is C36H43FN10O3. The van der Waals surface area contributed by atoms with E-state index in [1.165, 1.54) is 4.90 Å². The summed E-state index contributed by atoms with van der Waals surface area (Å²) in [5.41, 5.74) is 17.1. The highest BCUT2D eigenvalue weighted by atomic mass is 19.1. The maximum Gasteiger partial charge on any atom is 0.270 e. The minimum Gasteiger partial charge on any atom is -0.345 e. The number of piperidine rings is 1. The lowest BCUT2D eigenvalue weighted by Crippen LogP contribution is -2.51. The number of carbonyl (C=O) groups excluding carboxylic acids is 3.